The van der Waals surface area contributed by atoms with Gasteiger partial charge in [0.25, 0.3) is 0 Å². The molecule has 0 radical (unpaired) electrons. The van der Waals surface area contributed by atoms with Crippen molar-refractivity contribution < 1.29 is 9.53 Å². The van der Waals surface area contributed by atoms with Crippen LogP contribution in [0, 0.1) is 5.41 Å². The molecule has 0 heterocycles. The topological polar surface area (TPSA) is 38.3 Å². The lowest BCUT2D eigenvalue weighted by Crippen LogP contribution is -2.38. The van der Waals surface area contributed by atoms with Crippen LogP contribution in [0.15, 0.2) is 0 Å². The molecule has 0 aromatic heterocycles. The van der Waals surface area contributed by atoms with Crippen LogP contribution in [0.3, 0.4) is 0 Å². The first-order valence-corrected chi connectivity index (χ1v) is 4.55. The highest BCUT2D eigenvalue weighted by molar-refractivity contribution is 5.81. The van der Waals surface area contributed by atoms with E-state index in [1.807, 2.05) is 41.5 Å². The van der Waals surface area contributed by atoms with Crippen molar-refractivity contribution in [3.05, 3.63) is 0 Å². The van der Waals surface area contributed by atoms with Gasteiger partial charge in [-0.3, -0.25) is 4.79 Å². The van der Waals surface area contributed by atoms with Crippen LogP contribution in [-0.4, -0.2) is 18.2 Å². The van der Waals surface area contributed by atoms with Crippen LogP contribution in [0.25, 0.3) is 0 Å². The monoisotopic (exact) mass is 187 g/mol. The van der Waals surface area contributed by atoms with Crippen LogP contribution in [0.4, 0.5) is 0 Å². The first-order chi connectivity index (χ1) is 5.63. The third-order valence-electron chi connectivity index (χ3n) is 1.42. The van der Waals surface area contributed by atoms with Crippen molar-refractivity contribution >= 4 is 5.91 Å². The van der Waals surface area contributed by atoms with Gasteiger partial charge in [0.2, 0.25) is 5.91 Å². The first kappa shape index (κ1) is 12.4. The average molecular weight is 187 g/mol. The molecule has 0 aliphatic rings. The van der Waals surface area contributed by atoms with Gasteiger partial charge in [0, 0.05) is 5.41 Å². The SMILES string of the molecule is CC(C)(C)OCNC(=O)C(C)(C)C. The lowest BCUT2D eigenvalue weighted by molar-refractivity contribution is -0.132. The molecular weight excluding hydrogens is 166 g/mol. The number of carbonyl (C=O) groups excluding carboxylic acids is 1. The fourth-order valence-electron chi connectivity index (χ4n) is 0.583. The van der Waals surface area contributed by atoms with E-state index in [0.29, 0.717) is 0 Å². The third kappa shape index (κ3) is 6.58. The lowest BCUT2D eigenvalue weighted by Gasteiger charge is -2.22. The van der Waals surface area contributed by atoms with Crippen LogP contribution >= 0.6 is 0 Å². The van der Waals surface area contributed by atoms with Gasteiger partial charge in [0.1, 0.15) is 6.73 Å². The fourth-order valence-corrected chi connectivity index (χ4v) is 0.583. The normalized spacial score (nSPS) is 12.8. The Bertz CT molecular complexity index is 174. The maximum atomic E-state index is 11.4. The summed E-state index contributed by atoms with van der Waals surface area (Å²) in [7, 11) is 0. The molecule has 0 spiro atoms. The lowest BCUT2D eigenvalue weighted by atomic mass is 9.96. The van der Waals surface area contributed by atoms with Gasteiger partial charge in [-0.1, -0.05) is 20.8 Å². The van der Waals surface area contributed by atoms with Crippen LogP contribution in [0.1, 0.15) is 41.5 Å². The number of hydrogen-bond donors (Lipinski definition) is 1. The van der Waals surface area contributed by atoms with E-state index in [9.17, 15) is 4.79 Å². The van der Waals surface area contributed by atoms with Crippen molar-refractivity contribution in [3.8, 4) is 0 Å². The van der Waals surface area contributed by atoms with Gasteiger partial charge in [-0.15, -0.1) is 0 Å². The Labute approximate surface area is 80.8 Å². The van der Waals surface area contributed by atoms with Gasteiger partial charge in [-0.05, 0) is 20.8 Å². The number of amides is 1. The summed E-state index contributed by atoms with van der Waals surface area (Å²) in [6, 6.07) is 0. The molecule has 78 valence electrons. The Kier molecular flexibility index (Phi) is 3.91. The molecule has 0 aromatic rings. The van der Waals surface area contributed by atoms with Crippen molar-refractivity contribution in [2.75, 3.05) is 6.73 Å². The highest BCUT2D eigenvalue weighted by Gasteiger charge is 2.21. The Hall–Kier alpha value is -0.570. The minimum Gasteiger partial charge on any atom is -0.356 e. The second-order valence-corrected chi connectivity index (χ2v) is 5.16. The van der Waals surface area contributed by atoms with Gasteiger partial charge in [-0.2, -0.15) is 0 Å². The quantitative estimate of drug-likeness (QED) is 0.671. The summed E-state index contributed by atoms with van der Waals surface area (Å²) < 4.78 is 5.36. The standard InChI is InChI=1S/C10H21NO2/c1-9(2,3)8(12)11-7-13-10(4,5)6/h7H2,1-6H3,(H,11,12). The number of rotatable bonds is 2. The minimum atomic E-state index is -0.346. The maximum Gasteiger partial charge on any atom is 0.227 e. The highest BCUT2D eigenvalue weighted by Crippen LogP contribution is 2.12. The van der Waals surface area contributed by atoms with Gasteiger partial charge in [0.15, 0.2) is 0 Å². The Morgan fingerprint density at radius 2 is 1.62 bits per heavy atom. The maximum absolute atomic E-state index is 11.4. The van der Waals surface area contributed by atoms with Crippen molar-refractivity contribution in [1.82, 2.24) is 5.32 Å². The smallest absolute Gasteiger partial charge is 0.227 e. The summed E-state index contributed by atoms with van der Waals surface area (Å²) in [5, 5.41) is 2.72. The zero-order valence-corrected chi connectivity index (χ0v) is 9.52. The van der Waals surface area contributed by atoms with Crippen molar-refractivity contribution in [3.63, 3.8) is 0 Å². The van der Waals surface area contributed by atoms with Crippen LogP contribution < -0.4 is 5.32 Å². The summed E-state index contributed by atoms with van der Waals surface area (Å²) >= 11 is 0. The zero-order valence-electron chi connectivity index (χ0n) is 9.52. The zero-order chi connectivity index (χ0) is 10.7. The molecule has 0 aromatic carbocycles. The molecule has 0 unspecified atom stereocenters. The second kappa shape index (κ2) is 4.09. The van der Waals surface area contributed by atoms with E-state index < -0.39 is 0 Å². The van der Waals surface area contributed by atoms with E-state index in [4.69, 9.17) is 4.74 Å². The summed E-state index contributed by atoms with van der Waals surface area (Å²) in [5.74, 6) is 0.0109. The second-order valence-electron chi connectivity index (χ2n) is 5.16. The van der Waals surface area contributed by atoms with E-state index in [1.165, 1.54) is 0 Å². The van der Waals surface area contributed by atoms with E-state index in [2.05, 4.69) is 5.32 Å². The molecule has 0 atom stereocenters. The molecule has 0 saturated heterocycles. The first-order valence-electron chi connectivity index (χ1n) is 4.55. The van der Waals surface area contributed by atoms with Crippen LogP contribution in [-0.2, 0) is 9.53 Å². The molecule has 1 amide bonds. The van der Waals surface area contributed by atoms with E-state index in [0.717, 1.165) is 0 Å². The molecule has 1 N–H and O–H groups in total. The Morgan fingerprint density at radius 3 is 1.92 bits per heavy atom. The van der Waals surface area contributed by atoms with Gasteiger partial charge >= 0.3 is 0 Å². The highest BCUT2D eigenvalue weighted by atomic mass is 16.5. The Morgan fingerprint density at radius 1 is 1.15 bits per heavy atom. The molecule has 3 nitrogen and oxygen atoms in total. The van der Waals surface area contributed by atoms with Crippen LogP contribution in [0.2, 0.25) is 0 Å². The number of hydrogen-bond acceptors (Lipinski definition) is 2. The predicted molar refractivity (Wildman–Crippen MR) is 53.3 cm³/mol. The number of nitrogens with one attached hydrogen (secondary N) is 1. The van der Waals surface area contributed by atoms with Crippen molar-refractivity contribution in [1.29, 1.82) is 0 Å². The largest absolute Gasteiger partial charge is 0.356 e. The molecule has 0 aliphatic carbocycles. The van der Waals surface area contributed by atoms with E-state index >= 15 is 0 Å². The third-order valence-corrected chi connectivity index (χ3v) is 1.42. The fraction of sp³-hybridized carbons (Fsp3) is 0.900. The predicted octanol–water partition coefficient (Wildman–Crippen LogP) is 1.92. The molecule has 0 fully saturated rings. The molecule has 0 aliphatic heterocycles. The van der Waals surface area contributed by atoms with Crippen molar-refractivity contribution in [2.45, 2.75) is 47.1 Å². The number of ether oxygens (including phenoxy) is 1. The molecule has 13 heavy (non-hydrogen) atoms. The summed E-state index contributed by atoms with van der Waals surface area (Å²) in [6.45, 7) is 11.8. The van der Waals surface area contributed by atoms with E-state index in [1.54, 1.807) is 0 Å². The Balaban J connectivity index is 3.74. The van der Waals surface area contributed by atoms with E-state index in [-0.39, 0.29) is 23.7 Å². The molecule has 3 heteroatoms. The van der Waals surface area contributed by atoms with Gasteiger partial charge in [-0.25, -0.2) is 0 Å². The number of carbonyl (C=O) groups is 1. The van der Waals surface area contributed by atoms with Crippen molar-refractivity contribution in [2.24, 2.45) is 5.41 Å². The molecular formula is C10H21NO2. The molecule has 0 saturated carbocycles. The summed E-state index contributed by atoms with van der Waals surface area (Å²) in [5.41, 5.74) is -0.549. The summed E-state index contributed by atoms with van der Waals surface area (Å²) in [6.07, 6.45) is 0. The molecule has 0 bridgehead atoms. The molecule has 0 rings (SSSR count). The average Bonchev–Trinajstić information content (AvgIpc) is 1.82. The van der Waals surface area contributed by atoms with Gasteiger partial charge in [0.05, 0.1) is 5.60 Å². The van der Waals surface area contributed by atoms with Gasteiger partial charge < -0.3 is 10.1 Å². The van der Waals surface area contributed by atoms with Crippen LogP contribution in [0.5, 0.6) is 0 Å². The summed E-state index contributed by atoms with van der Waals surface area (Å²) in [4.78, 5) is 11.4. The minimum absolute atomic E-state index is 0.0109.